The molecule has 0 fully saturated rings. The van der Waals surface area contributed by atoms with Gasteiger partial charge in [0.2, 0.25) is 0 Å². The van der Waals surface area contributed by atoms with Crippen molar-refractivity contribution in [2.45, 2.75) is 12.3 Å². The monoisotopic (exact) mass is 287 g/mol. The van der Waals surface area contributed by atoms with E-state index in [1.54, 1.807) is 17.0 Å². The Morgan fingerprint density at radius 2 is 2.00 bits per heavy atom. The van der Waals surface area contributed by atoms with Crippen LogP contribution in [0.15, 0.2) is 41.8 Å². The van der Waals surface area contributed by atoms with Crippen molar-refractivity contribution < 1.29 is 14.7 Å². The molecule has 0 spiro atoms. The van der Waals surface area contributed by atoms with Gasteiger partial charge in [-0.05, 0) is 29.5 Å². The smallest absolute Gasteiger partial charge is 0.311 e. The molecule has 20 heavy (non-hydrogen) atoms. The zero-order chi connectivity index (χ0) is 14.1. The average molecular weight is 287 g/mol. The van der Waals surface area contributed by atoms with Gasteiger partial charge in [-0.15, -0.1) is 11.3 Å². The molecular weight excluding hydrogens is 274 g/mol. The summed E-state index contributed by atoms with van der Waals surface area (Å²) in [5.41, 5.74) is 1.43. The highest BCUT2D eigenvalue weighted by Crippen LogP contribution is 2.36. The number of thiophene rings is 1. The van der Waals surface area contributed by atoms with E-state index < -0.39 is 11.9 Å². The maximum Gasteiger partial charge on any atom is 0.311 e. The van der Waals surface area contributed by atoms with Gasteiger partial charge in [-0.3, -0.25) is 9.59 Å². The molecule has 1 aromatic heterocycles. The summed E-state index contributed by atoms with van der Waals surface area (Å²) >= 11 is 1.40. The lowest BCUT2D eigenvalue weighted by molar-refractivity contribution is -0.139. The molecule has 2 heterocycles. The molecule has 0 aliphatic carbocycles. The summed E-state index contributed by atoms with van der Waals surface area (Å²) in [5, 5.41) is 11.2. The Bertz CT molecular complexity index is 651. The molecule has 1 aliphatic rings. The fraction of sp³-hybridized carbons (Fsp3) is 0.200. The van der Waals surface area contributed by atoms with Gasteiger partial charge >= 0.3 is 5.97 Å². The molecule has 1 aromatic carbocycles. The number of benzene rings is 1. The van der Waals surface area contributed by atoms with E-state index in [4.69, 9.17) is 0 Å². The van der Waals surface area contributed by atoms with E-state index in [2.05, 4.69) is 0 Å². The second kappa shape index (κ2) is 5.09. The number of aliphatic carboxylic acids is 1. The Hall–Kier alpha value is -2.14. The van der Waals surface area contributed by atoms with E-state index in [9.17, 15) is 14.7 Å². The summed E-state index contributed by atoms with van der Waals surface area (Å²) in [5.74, 6) is -1.42. The minimum atomic E-state index is -0.833. The molecule has 0 saturated heterocycles. The lowest BCUT2D eigenvalue weighted by Gasteiger charge is -2.32. The van der Waals surface area contributed by atoms with E-state index in [1.165, 1.54) is 11.3 Å². The van der Waals surface area contributed by atoms with Crippen LogP contribution in [0.4, 0.5) is 5.69 Å². The number of carboxylic acid groups (broad SMARTS) is 1. The maximum atomic E-state index is 12.5. The number of nitrogens with zero attached hydrogens (tertiary/aromatic N) is 1. The van der Waals surface area contributed by atoms with Gasteiger partial charge in [-0.25, -0.2) is 0 Å². The summed E-state index contributed by atoms with van der Waals surface area (Å²) in [6.07, 6.45) is 0.448. The van der Waals surface area contributed by atoms with E-state index in [0.717, 1.165) is 5.56 Å². The molecule has 1 aliphatic heterocycles. The quantitative estimate of drug-likeness (QED) is 0.923. The lowest BCUT2D eigenvalue weighted by atomic mass is 9.90. The van der Waals surface area contributed by atoms with Gasteiger partial charge in [0.25, 0.3) is 5.91 Å². The number of anilines is 1. The maximum absolute atomic E-state index is 12.5. The molecule has 5 heteroatoms. The summed E-state index contributed by atoms with van der Waals surface area (Å²) in [6, 6.07) is 10.9. The van der Waals surface area contributed by atoms with Crippen molar-refractivity contribution in [2.75, 3.05) is 11.4 Å². The molecule has 1 amide bonds. The minimum absolute atomic E-state index is 0.0590. The number of para-hydroxylation sites is 1. The Balaban J connectivity index is 2.01. The van der Waals surface area contributed by atoms with Crippen molar-refractivity contribution in [3.05, 3.63) is 52.2 Å². The molecule has 1 N–H and O–H groups in total. The van der Waals surface area contributed by atoms with Gasteiger partial charge in [0.05, 0.1) is 10.8 Å². The summed E-state index contributed by atoms with van der Waals surface area (Å²) in [4.78, 5) is 26.2. The van der Waals surface area contributed by atoms with Gasteiger partial charge in [0, 0.05) is 12.2 Å². The van der Waals surface area contributed by atoms with Crippen LogP contribution in [0.2, 0.25) is 0 Å². The number of carbonyl (C=O) groups excluding carboxylic acids is 1. The topological polar surface area (TPSA) is 57.6 Å². The minimum Gasteiger partial charge on any atom is -0.481 e. The molecule has 102 valence electrons. The Labute approximate surface area is 120 Å². The number of rotatable bonds is 2. The van der Waals surface area contributed by atoms with Crippen molar-refractivity contribution >= 4 is 28.9 Å². The summed E-state index contributed by atoms with van der Waals surface area (Å²) < 4.78 is 0. The first kappa shape index (κ1) is 12.9. The van der Waals surface area contributed by atoms with Crippen molar-refractivity contribution in [2.24, 2.45) is 0 Å². The molecule has 0 radical (unpaired) electrons. The van der Waals surface area contributed by atoms with Crippen LogP contribution in [0.5, 0.6) is 0 Å². The highest BCUT2D eigenvalue weighted by atomic mass is 32.1. The normalized spacial score (nSPS) is 17.6. The van der Waals surface area contributed by atoms with Crippen LogP contribution < -0.4 is 4.90 Å². The van der Waals surface area contributed by atoms with Gasteiger partial charge in [-0.1, -0.05) is 24.3 Å². The van der Waals surface area contributed by atoms with Crippen molar-refractivity contribution in [3.8, 4) is 0 Å². The van der Waals surface area contributed by atoms with Crippen LogP contribution in [-0.2, 0) is 4.79 Å². The largest absolute Gasteiger partial charge is 0.481 e. The number of hydrogen-bond acceptors (Lipinski definition) is 3. The Morgan fingerprint density at radius 1 is 1.20 bits per heavy atom. The average Bonchev–Trinajstić information content (AvgIpc) is 2.99. The predicted molar refractivity (Wildman–Crippen MR) is 77.4 cm³/mol. The first-order chi connectivity index (χ1) is 9.68. The van der Waals surface area contributed by atoms with Gasteiger partial charge in [0.15, 0.2) is 0 Å². The molecule has 4 nitrogen and oxygen atoms in total. The van der Waals surface area contributed by atoms with Gasteiger partial charge < -0.3 is 10.0 Å². The van der Waals surface area contributed by atoms with Crippen molar-refractivity contribution in [3.63, 3.8) is 0 Å². The summed E-state index contributed by atoms with van der Waals surface area (Å²) in [6.45, 7) is 0.435. The molecular formula is C15H13NO3S. The number of fused-ring (bicyclic) bond motifs is 1. The second-order valence-corrected chi connectivity index (χ2v) is 5.62. The number of carbonyl (C=O) groups is 2. The zero-order valence-electron chi connectivity index (χ0n) is 10.7. The standard InChI is InChI=1S/C15H13NO3S/c17-14(13-6-3-9-20-13)16-8-7-11(15(18)19)10-4-1-2-5-12(10)16/h1-6,9,11H,7-8H2,(H,18,19). The van der Waals surface area contributed by atoms with Crippen LogP contribution in [0, 0.1) is 0 Å². The van der Waals surface area contributed by atoms with Crippen LogP contribution in [-0.4, -0.2) is 23.5 Å². The third-order valence-electron chi connectivity index (χ3n) is 3.52. The Morgan fingerprint density at radius 3 is 2.70 bits per heavy atom. The number of hydrogen-bond donors (Lipinski definition) is 1. The van der Waals surface area contributed by atoms with E-state index >= 15 is 0 Å². The van der Waals surface area contributed by atoms with Crippen LogP contribution >= 0.6 is 11.3 Å². The van der Waals surface area contributed by atoms with E-state index in [1.807, 2.05) is 29.6 Å². The second-order valence-electron chi connectivity index (χ2n) is 4.67. The van der Waals surface area contributed by atoms with Gasteiger partial charge in [0.1, 0.15) is 0 Å². The van der Waals surface area contributed by atoms with Crippen molar-refractivity contribution in [1.82, 2.24) is 0 Å². The Kier molecular flexibility index (Phi) is 3.28. The summed E-state index contributed by atoms with van der Waals surface area (Å²) in [7, 11) is 0. The SMILES string of the molecule is O=C(O)C1CCN(C(=O)c2cccs2)c2ccccc21. The van der Waals surface area contributed by atoms with E-state index in [-0.39, 0.29) is 5.91 Å². The fourth-order valence-corrected chi connectivity index (χ4v) is 3.23. The highest BCUT2D eigenvalue weighted by molar-refractivity contribution is 7.12. The van der Waals surface area contributed by atoms with Crippen LogP contribution in [0.25, 0.3) is 0 Å². The molecule has 2 aromatic rings. The zero-order valence-corrected chi connectivity index (χ0v) is 11.5. The molecule has 1 atom stereocenters. The molecule has 3 rings (SSSR count). The number of carboxylic acids is 1. The lowest BCUT2D eigenvalue weighted by Crippen LogP contribution is -2.37. The third kappa shape index (κ3) is 2.10. The first-order valence-electron chi connectivity index (χ1n) is 6.35. The van der Waals surface area contributed by atoms with Crippen LogP contribution in [0.3, 0.4) is 0 Å². The van der Waals surface area contributed by atoms with Crippen LogP contribution in [0.1, 0.15) is 27.6 Å². The van der Waals surface area contributed by atoms with E-state index in [0.29, 0.717) is 23.5 Å². The van der Waals surface area contributed by atoms with Gasteiger partial charge in [-0.2, -0.15) is 0 Å². The molecule has 0 bridgehead atoms. The third-order valence-corrected chi connectivity index (χ3v) is 4.38. The molecule has 0 saturated carbocycles. The highest BCUT2D eigenvalue weighted by Gasteiger charge is 2.32. The predicted octanol–water partition coefficient (Wildman–Crippen LogP) is 2.97. The molecule has 1 unspecified atom stereocenters. The van der Waals surface area contributed by atoms with Crippen molar-refractivity contribution in [1.29, 1.82) is 0 Å². The number of amides is 1. The fourth-order valence-electron chi connectivity index (χ4n) is 2.56. The first-order valence-corrected chi connectivity index (χ1v) is 7.23.